The highest BCUT2D eigenvalue weighted by atomic mass is 35.5. The van der Waals surface area contributed by atoms with Crippen LogP contribution in [-0.2, 0) is 11.3 Å². The van der Waals surface area contributed by atoms with Crippen molar-refractivity contribution in [2.24, 2.45) is 5.92 Å². The van der Waals surface area contributed by atoms with E-state index in [4.69, 9.17) is 11.8 Å². The van der Waals surface area contributed by atoms with Crippen LogP contribution in [0.4, 0.5) is 0 Å². The van der Waals surface area contributed by atoms with E-state index in [2.05, 4.69) is 9.56 Å². The molecule has 0 aromatic rings. The molecule has 0 saturated heterocycles. The van der Waals surface area contributed by atoms with E-state index in [0.717, 1.165) is 32.2 Å². The lowest BCUT2D eigenvalue weighted by Crippen LogP contribution is -2.35. The van der Waals surface area contributed by atoms with Gasteiger partial charge in [-0.2, -0.15) is 0 Å². The van der Waals surface area contributed by atoms with Crippen LogP contribution in [0.25, 0.3) is 0 Å². The third kappa shape index (κ3) is 4.37. The minimum Gasteiger partial charge on any atom is -0.760 e. The summed E-state index contributed by atoms with van der Waals surface area (Å²) in [5.41, 5.74) is 0. The largest absolute Gasteiger partial charge is 0.760 e. The topological polar surface area (TPSA) is 64.2 Å². The zero-order valence-corrected chi connectivity index (χ0v) is 8.87. The summed E-state index contributed by atoms with van der Waals surface area (Å²) in [4.78, 5) is 2.62. The smallest absolute Gasteiger partial charge is 0.0184 e. The van der Waals surface area contributed by atoms with Gasteiger partial charge in [0.05, 0.1) is 0 Å². The Morgan fingerprint density at radius 2 is 2.00 bits per heavy atom. The van der Waals surface area contributed by atoms with Crippen molar-refractivity contribution < 1.29 is 8.76 Å². The number of halogens is 1. The van der Waals surface area contributed by atoms with Crippen molar-refractivity contribution in [3.63, 3.8) is 0 Å². The summed E-state index contributed by atoms with van der Waals surface area (Å²) in [7, 11) is 0. The Morgan fingerprint density at radius 1 is 1.38 bits per heavy atom. The highest BCUT2D eigenvalue weighted by Crippen LogP contribution is 2.23. The summed E-state index contributed by atoms with van der Waals surface area (Å²) in [6.45, 7) is 0.814. The molecule has 1 atom stereocenters. The molecule has 1 saturated carbocycles. The van der Waals surface area contributed by atoms with Gasteiger partial charge in [-0.25, -0.2) is 9.56 Å². The van der Waals surface area contributed by atoms with Crippen LogP contribution in [0.1, 0.15) is 25.7 Å². The normalized spacial score (nSPS) is 31.5. The first-order valence-corrected chi connectivity index (χ1v) is 5.86. The number of rotatable bonds is 4. The second-order valence-electron chi connectivity index (χ2n) is 3.41. The Morgan fingerprint density at radius 3 is 2.46 bits per heavy atom. The first-order chi connectivity index (χ1) is 6.22. The Balaban J connectivity index is 2.18. The van der Waals surface area contributed by atoms with Crippen LogP contribution in [-0.4, -0.2) is 21.3 Å². The Bertz CT molecular complexity index is 174. The molecular formula is C7H14ClN2O2S-. The predicted octanol–water partition coefficient (Wildman–Crippen LogP) is 0.672. The fourth-order valence-electron chi connectivity index (χ4n) is 1.73. The molecule has 1 aliphatic rings. The lowest BCUT2D eigenvalue weighted by Gasteiger charge is -2.29. The van der Waals surface area contributed by atoms with Crippen LogP contribution in [0.3, 0.4) is 0 Å². The lowest BCUT2D eigenvalue weighted by molar-refractivity contribution is 0.312. The van der Waals surface area contributed by atoms with Crippen molar-refractivity contribution in [3.05, 3.63) is 0 Å². The van der Waals surface area contributed by atoms with Gasteiger partial charge in [-0.1, -0.05) is 0 Å². The maximum absolute atomic E-state index is 10.3. The second kappa shape index (κ2) is 5.93. The molecule has 1 unspecified atom stereocenters. The Labute approximate surface area is 86.0 Å². The zero-order valence-electron chi connectivity index (χ0n) is 7.29. The van der Waals surface area contributed by atoms with Crippen molar-refractivity contribution in [2.75, 3.05) is 6.54 Å². The predicted molar refractivity (Wildman–Crippen MR) is 51.7 cm³/mol. The summed E-state index contributed by atoms with van der Waals surface area (Å²) >= 11 is 3.27. The minimum absolute atomic E-state index is 0.130. The van der Waals surface area contributed by atoms with E-state index in [-0.39, 0.29) is 6.04 Å². The Kier molecular flexibility index (Phi) is 5.20. The van der Waals surface area contributed by atoms with Gasteiger partial charge in [0, 0.05) is 23.9 Å². The highest BCUT2D eigenvalue weighted by Gasteiger charge is 2.20. The molecule has 0 bridgehead atoms. The van der Waals surface area contributed by atoms with Gasteiger partial charge >= 0.3 is 0 Å². The number of nitrogens with one attached hydrogen (secondary N) is 2. The maximum atomic E-state index is 10.3. The van der Waals surface area contributed by atoms with Crippen molar-refractivity contribution in [1.29, 1.82) is 0 Å². The van der Waals surface area contributed by atoms with Gasteiger partial charge in [0.2, 0.25) is 0 Å². The molecule has 6 heteroatoms. The molecule has 0 aromatic heterocycles. The van der Waals surface area contributed by atoms with Gasteiger partial charge in [0.15, 0.2) is 0 Å². The lowest BCUT2D eigenvalue weighted by atomic mass is 9.87. The molecule has 0 aromatic carbocycles. The monoisotopic (exact) mass is 225 g/mol. The van der Waals surface area contributed by atoms with E-state index in [0.29, 0.717) is 5.92 Å². The maximum Gasteiger partial charge on any atom is 0.0184 e. The van der Waals surface area contributed by atoms with Gasteiger partial charge in [0.25, 0.3) is 0 Å². The van der Waals surface area contributed by atoms with Crippen LogP contribution in [0.5, 0.6) is 0 Å². The SMILES string of the molecule is O=S([O-])NC1CCC(CNCl)CC1. The molecule has 13 heavy (non-hydrogen) atoms. The molecule has 0 heterocycles. The van der Waals surface area contributed by atoms with Crippen molar-refractivity contribution in [3.8, 4) is 0 Å². The summed E-state index contributed by atoms with van der Waals surface area (Å²) in [6, 6.07) is 0.130. The third-order valence-corrected chi connectivity index (χ3v) is 3.16. The fourth-order valence-corrected chi connectivity index (χ4v) is 2.46. The summed E-state index contributed by atoms with van der Waals surface area (Å²) in [6.07, 6.45) is 3.90. The van der Waals surface area contributed by atoms with Gasteiger partial charge in [-0.05, 0) is 43.4 Å². The average Bonchev–Trinajstić information content (AvgIpc) is 2.08. The van der Waals surface area contributed by atoms with Crippen LogP contribution < -0.4 is 9.56 Å². The molecule has 1 aliphatic carbocycles. The number of hydrogen-bond acceptors (Lipinski definition) is 3. The molecule has 0 radical (unpaired) electrons. The molecule has 0 aliphatic heterocycles. The first kappa shape index (κ1) is 11.4. The van der Waals surface area contributed by atoms with E-state index in [1.54, 1.807) is 0 Å². The first-order valence-electron chi connectivity index (χ1n) is 4.41. The molecule has 1 fully saturated rings. The van der Waals surface area contributed by atoms with Crippen LogP contribution >= 0.6 is 11.8 Å². The summed E-state index contributed by atoms with van der Waals surface area (Å²) in [5, 5.41) is 0. The molecule has 0 amide bonds. The molecule has 78 valence electrons. The summed E-state index contributed by atoms with van der Waals surface area (Å²) < 4.78 is 23.2. The van der Waals surface area contributed by atoms with E-state index >= 15 is 0 Å². The van der Waals surface area contributed by atoms with Gasteiger partial charge in [-0.3, -0.25) is 4.21 Å². The van der Waals surface area contributed by atoms with Crippen LogP contribution in [0, 0.1) is 5.92 Å². The number of hydrogen-bond donors (Lipinski definition) is 2. The second-order valence-corrected chi connectivity index (χ2v) is 4.38. The molecule has 4 nitrogen and oxygen atoms in total. The van der Waals surface area contributed by atoms with E-state index in [9.17, 15) is 8.76 Å². The standard InChI is InChI=1S/C7H15ClN2O2S/c8-9-5-6-1-3-7(4-2-6)10-13(11)12/h6-7,9-10H,1-5H2,(H,11,12)/p-1. The minimum atomic E-state index is -2.12. The van der Waals surface area contributed by atoms with Crippen molar-refractivity contribution >= 4 is 23.0 Å². The Hall–Kier alpha value is 0.320. The van der Waals surface area contributed by atoms with Gasteiger partial charge in [0.1, 0.15) is 0 Å². The average molecular weight is 226 g/mol. The molecular weight excluding hydrogens is 212 g/mol. The van der Waals surface area contributed by atoms with Crippen molar-refractivity contribution in [2.45, 2.75) is 31.7 Å². The van der Waals surface area contributed by atoms with Crippen LogP contribution in [0.15, 0.2) is 0 Å². The molecule has 0 spiro atoms. The van der Waals surface area contributed by atoms with Crippen LogP contribution in [0.2, 0.25) is 0 Å². The quantitative estimate of drug-likeness (QED) is 0.546. The van der Waals surface area contributed by atoms with E-state index in [1.165, 1.54) is 0 Å². The molecule has 2 N–H and O–H groups in total. The zero-order chi connectivity index (χ0) is 9.68. The van der Waals surface area contributed by atoms with Crippen molar-refractivity contribution in [1.82, 2.24) is 9.56 Å². The molecule has 1 rings (SSSR count). The van der Waals surface area contributed by atoms with Gasteiger partial charge in [-0.15, -0.1) is 0 Å². The van der Waals surface area contributed by atoms with E-state index < -0.39 is 11.3 Å². The fraction of sp³-hybridized carbons (Fsp3) is 1.00. The van der Waals surface area contributed by atoms with Gasteiger partial charge < -0.3 is 4.55 Å². The highest BCUT2D eigenvalue weighted by molar-refractivity contribution is 7.77. The van der Waals surface area contributed by atoms with E-state index in [1.807, 2.05) is 0 Å². The third-order valence-electron chi connectivity index (χ3n) is 2.48. The summed E-state index contributed by atoms with van der Waals surface area (Å²) in [5.74, 6) is 0.593.